The van der Waals surface area contributed by atoms with Crippen molar-refractivity contribution >= 4 is 29.5 Å². The molecule has 1 aliphatic rings. The first-order valence-corrected chi connectivity index (χ1v) is 13.1. The van der Waals surface area contributed by atoms with E-state index in [0.717, 1.165) is 30.8 Å². The number of hydrogen-bond acceptors (Lipinski definition) is 7. The van der Waals surface area contributed by atoms with E-state index in [0.29, 0.717) is 6.42 Å². The molecule has 0 saturated carbocycles. The molecule has 5 nitrogen and oxygen atoms in total. The maximum Gasteiger partial charge on any atom is 0.305 e. The van der Waals surface area contributed by atoms with Gasteiger partial charge in [-0.15, -0.1) is 23.5 Å². The minimum Gasteiger partial charge on any atom is -0.463 e. The number of ether oxygens (including phenoxy) is 1. The van der Waals surface area contributed by atoms with Gasteiger partial charge in [0.25, 0.3) is 0 Å². The van der Waals surface area contributed by atoms with Crippen LogP contribution in [0, 0.1) is 0 Å². The number of rotatable bonds is 17. The van der Waals surface area contributed by atoms with E-state index in [9.17, 15) is 20.1 Å². The smallest absolute Gasteiger partial charge is 0.305 e. The van der Waals surface area contributed by atoms with Crippen LogP contribution in [0.3, 0.4) is 0 Å². The highest BCUT2D eigenvalue weighted by atomic mass is 32.2. The van der Waals surface area contributed by atoms with E-state index in [1.165, 1.54) is 51.4 Å². The van der Waals surface area contributed by atoms with Gasteiger partial charge >= 0.3 is 5.97 Å². The minimum atomic E-state index is -1.29. The second-order valence-corrected chi connectivity index (χ2v) is 10.4. The van der Waals surface area contributed by atoms with Crippen molar-refractivity contribution in [1.82, 2.24) is 0 Å². The average molecular weight is 437 g/mol. The first kappa shape index (κ1) is 26.1. The fourth-order valence-electron chi connectivity index (χ4n) is 3.25. The van der Waals surface area contributed by atoms with Gasteiger partial charge in [-0.2, -0.15) is 0 Å². The lowest BCUT2D eigenvalue weighted by Gasteiger charge is -2.25. The van der Waals surface area contributed by atoms with Crippen molar-refractivity contribution in [3.63, 3.8) is 0 Å². The van der Waals surface area contributed by atoms with E-state index < -0.39 is 18.3 Å². The second-order valence-electron chi connectivity index (χ2n) is 7.63. The molecular weight excluding hydrogens is 396 g/mol. The van der Waals surface area contributed by atoms with E-state index in [2.05, 4.69) is 6.92 Å². The Hall–Kier alpha value is 0.0500. The summed E-state index contributed by atoms with van der Waals surface area (Å²) in [4.78, 5) is 11.8. The molecule has 0 amide bonds. The molecule has 0 aromatic carbocycles. The van der Waals surface area contributed by atoms with Crippen LogP contribution in [0.2, 0.25) is 0 Å². The molecule has 0 unspecified atom stereocenters. The van der Waals surface area contributed by atoms with Gasteiger partial charge in [0.2, 0.25) is 0 Å². The van der Waals surface area contributed by atoms with Crippen molar-refractivity contribution < 1.29 is 24.9 Å². The number of thioether (sulfide) groups is 2. The summed E-state index contributed by atoms with van der Waals surface area (Å²) in [5.74, 6) is 1.52. The quantitative estimate of drug-likeness (QED) is 0.233. The largest absolute Gasteiger partial charge is 0.463 e. The molecule has 0 aromatic heterocycles. The third kappa shape index (κ3) is 11.9. The Kier molecular flexibility index (Phi) is 15.7. The van der Waals surface area contributed by atoms with E-state index in [-0.39, 0.29) is 17.2 Å². The van der Waals surface area contributed by atoms with Gasteiger partial charge in [0.1, 0.15) is 24.9 Å². The summed E-state index contributed by atoms with van der Waals surface area (Å²) in [5.41, 5.74) is 0. The van der Waals surface area contributed by atoms with Gasteiger partial charge in [-0.3, -0.25) is 4.79 Å². The van der Waals surface area contributed by atoms with Crippen LogP contribution in [-0.2, 0) is 9.53 Å². The Labute approximate surface area is 179 Å². The monoisotopic (exact) mass is 436 g/mol. The Bertz CT molecular complexity index is 391. The Balaban J connectivity index is 1.95. The summed E-state index contributed by atoms with van der Waals surface area (Å²) in [7, 11) is 0. The summed E-state index contributed by atoms with van der Waals surface area (Å²) < 4.78 is 4.93. The van der Waals surface area contributed by atoms with Crippen LogP contribution in [0.5, 0.6) is 0 Å². The summed E-state index contributed by atoms with van der Waals surface area (Å²) in [6.07, 6.45) is 10.3. The predicted molar refractivity (Wildman–Crippen MR) is 119 cm³/mol. The molecule has 7 heteroatoms. The maximum atomic E-state index is 11.8. The third-order valence-corrected chi connectivity index (χ3v) is 8.24. The summed E-state index contributed by atoms with van der Waals surface area (Å²) in [6, 6.07) is 0. The lowest BCUT2D eigenvalue weighted by molar-refractivity contribution is -0.151. The van der Waals surface area contributed by atoms with Crippen LogP contribution >= 0.6 is 23.5 Å². The van der Waals surface area contributed by atoms with E-state index in [4.69, 9.17) is 4.74 Å². The number of hydrogen-bond donors (Lipinski definition) is 3. The highest BCUT2D eigenvalue weighted by molar-refractivity contribution is 8.20. The normalized spacial score (nSPS) is 18.1. The molecule has 0 radical (unpaired) electrons. The van der Waals surface area contributed by atoms with Gasteiger partial charge in [0, 0.05) is 17.9 Å². The van der Waals surface area contributed by atoms with Crippen LogP contribution in [0.4, 0.5) is 0 Å². The zero-order chi connectivity index (χ0) is 20.6. The van der Waals surface area contributed by atoms with Crippen LogP contribution in [-0.4, -0.2) is 62.3 Å². The van der Waals surface area contributed by atoms with Crippen LogP contribution in [0.25, 0.3) is 0 Å². The standard InChI is InChI=1S/C21H40O5S2/c1-2-3-4-5-6-7-8-9-10-11-12-13-18(23)26-16-17(22)19(24)20(25)21-27-14-15-28-21/h17,19-22,24-25H,2-16H2,1H3/t17-,19-,20+/m1/s1. The van der Waals surface area contributed by atoms with Crippen molar-refractivity contribution in [3.05, 3.63) is 0 Å². The van der Waals surface area contributed by atoms with E-state index >= 15 is 0 Å². The number of carbonyl (C=O) groups is 1. The van der Waals surface area contributed by atoms with Crippen LogP contribution in [0.1, 0.15) is 84.0 Å². The molecule has 1 heterocycles. The van der Waals surface area contributed by atoms with Gasteiger partial charge in [-0.25, -0.2) is 0 Å². The first-order chi connectivity index (χ1) is 13.6. The fraction of sp³-hybridized carbons (Fsp3) is 0.952. The zero-order valence-electron chi connectivity index (χ0n) is 17.4. The van der Waals surface area contributed by atoms with Crippen molar-refractivity contribution in [1.29, 1.82) is 0 Å². The molecule has 3 N–H and O–H groups in total. The molecule has 166 valence electrons. The predicted octanol–water partition coefficient (Wildman–Crippen LogP) is 4.12. The minimum absolute atomic E-state index is 0.128. The number of esters is 1. The van der Waals surface area contributed by atoms with E-state index in [1.807, 2.05) is 0 Å². The molecule has 0 spiro atoms. The molecule has 1 fully saturated rings. The highest BCUT2D eigenvalue weighted by Gasteiger charge is 2.34. The summed E-state index contributed by atoms with van der Waals surface area (Å²) in [6.45, 7) is 1.97. The van der Waals surface area contributed by atoms with Gasteiger partial charge < -0.3 is 20.1 Å². The zero-order valence-corrected chi connectivity index (χ0v) is 19.0. The number of unbranched alkanes of at least 4 members (excludes halogenated alkanes) is 10. The molecule has 0 bridgehead atoms. The van der Waals surface area contributed by atoms with Crippen molar-refractivity contribution in [2.24, 2.45) is 0 Å². The molecular formula is C21H40O5S2. The summed E-state index contributed by atoms with van der Waals surface area (Å²) in [5, 5.41) is 30.0. The molecule has 3 atom stereocenters. The van der Waals surface area contributed by atoms with Gasteiger partial charge in [0.05, 0.1) is 4.58 Å². The van der Waals surface area contributed by atoms with Gasteiger partial charge in [0.15, 0.2) is 0 Å². The maximum absolute atomic E-state index is 11.8. The van der Waals surface area contributed by atoms with Gasteiger partial charge in [-0.05, 0) is 6.42 Å². The molecule has 0 aromatic rings. The summed E-state index contributed by atoms with van der Waals surface area (Å²) >= 11 is 3.16. The topological polar surface area (TPSA) is 87.0 Å². The van der Waals surface area contributed by atoms with Crippen molar-refractivity contribution in [2.45, 2.75) is 107 Å². The van der Waals surface area contributed by atoms with Crippen LogP contribution < -0.4 is 0 Å². The molecule has 1 aliphatic heterocycles. The first-order valence-electron chi connectivity index (χ1n) is 11.0. The third-order valence-electron chi connectivity index (χ3n) is 5.07. The highest BCUT2D eigenvalue weighted by Crippen LogP contribution is 2.35. The van der Waals surface area contributed by atoms with E-state index in [1.54, 1.807) is 23.5 Å². The molecule has 1 saturated heterocycles. The second kappa shape index (κ2) is 16.8. The molecule has 1 rings (SSSR count). The number of carbonyl (C=O) groups excluding carboxylic acids is 1. The molecule has 28 heavy (non-hydrogen) atoms. The van der Waals surface area contributed by atoms with Crippen molar-refractivity contribution in [2.75, 3.05) is 18.1 Å². The number of aliphatic hydroxyl groups excluding tert-OH is 3. The average Bonchev–Trinajstić information content (AvgIpc) is 3.23. The Morgan fingerprint density at radius 2 is 1.39 bits per heavy atom. The lowest BCUT2D eigenvalue weighted by Crippen LogP contribution is -2.44. The van der Waals surface area contributed by atoms with Gasteiger partial charge in [-0.1, -0.05) is 71.1 Å². The lowest BCUT2D eigenvalue weighted by atomic mass is 10.1. The van der Waals surface area contributed by atoms with Crippen LogP contribution in [0.15, 0.2) is 0 Å². The molecule has 0 aliphatic carbocycles. The Morgan fingerprint density at radius 3 is 1.93 bits per heavy atom. The SMILES string of the molecule is CCCCCCCCCCCCCC(=O)OC[C@@H](O)[C@@H](O)[C@H](O)C1SCCS1. The number of aliphatic hydroxyl groups is 3. The Morgan fingerprint density at radius 1 is 0.893 bits per heavy atom. The fourth-order valence-corrected chi connectivity index (χ4v) is 6.16. The van der Waals surface area contributed by atoms with Crippen molar-refractivity contribution in [3.8, 4) is 0 Å².